The highest BCUT2D eigenvalue weighted by Crippen LogP contribution is 2.29. The van der Waals surface area contributed by atoms with Crippen molar-refractivity contribution in [2.24, 2.45) is 5.92 Å². The van der Waals surface area contributed by atoms with Crippen molar-refractivity contribution >= 4 is 5.91 Å². The highest BCUT2D eigenvalue weighted by molar-refractivity contribution is 5.77. The zero-order valence-corrected chi connectivity index (χ0v) is 11.7. The van der Waals surface area contributed by atoms with Gasteiger partial charge in [0.15, 0.2) is 0 Å². The summed E-state index contributed by atoms with van der Waals surface area (Å²) in [5, 5.41) is 9.83. The Morgan fingerprint density at radius 2 is 2.06 bits per heavy atom. The van der Waals surface area contributed by atoms with Crippen LogP contribution in [0.15, 0.2) is 0 Å². The van der Waals surface area contributed by atoms with Crippen molar-refractivity contribution in [1.29, 1.82) is 0 Å². The fraction of sp³-hybridized carbons (Fsp3) is 0.929. The molecule has 3 heteroatoms. The zero-order valence-electron chi connectivity index (χ0n) is 11.7. The molecular formula is C14H27NO2. The Balaban J connectivity index is 2.33. The van der Waals surface area contributed by atoms with Crippen molar-refractivity contribution in [3.05, 3.63) is 0 Å². The third-order valence-corrected chi connectivity index (χ3v) is 3.86. The van der Waals surface area contributed by atoms with E-state index >= 15 is 0 Å². The average molecular weight is 241 g/mol. The van der Waals surface area contributed by atoms with Crippen LogP contribution in [0.3, 0.4) is 0 Å². The number of aliphatic hydroxyl groups excluding tert-OH is 1. The van der Waals surface area contributed by atoms with Gasteiger partial charge in [-0.05, 0) is 32.6 Å². The van der Waals surface area contributed by atoms with Gasteiger partial charge in [-0.2, -0.15) is 0 Å². The van der Waals surface area contributed by atoms with Crippen LogP contribution in [0.4, 0.5) is 0 Å². The number of carbonyl (C=O) groups excluding carboxylic acids is 1. The zero-order chi connectivity index (χ0) is 13.1. The molecular weight excluding hydrogens is 214 g/mol. The molecule has 1 heterocycles. The summed E-state index contributed by atoms with van der Waals surface area (Å²) in [6.45, 7) is 9.04. The van der Waals surface area contributed by atoms with Crippen molar-refractivity contribution in [3.8, 4) is 0 Å². The molecule has 0 radical (unpaired) electrons. The molecule has 0 aromatic heterocycles. The van der Waals surface area contributed by atoms with Crippen molar-refractivity contribution < 1.29 is 9.90 Å². The number of hydrogen-bond donors (Lipinski definition) is 1. The molecule has 1 amide bonds. The smallest absolute Gasteiger partial charge is 0.223 e. The number of unbranched alkanes of at least 4 members (excludes halogenated alkanes) is 1. The van der Waals surface area contributed by atoms with Gasteiger partial charge in [-0.3, -0.25) is 4.79 Å². The molecule has 17 heavy (non-hydrogen) atoms. The van der Waals surface area contributed by atoms with E-state index in [0.717, 1.165) is 18.8 Å². The third kappa shape index (κ3) is 3.70. The third-order valence-electron chi connectivity index (χ3n) is 3.86. The molecule has 1 unspecified atom stereocenters. The van der Waals surface area contributed by atoms with Crippen LogP contribution in [-0.2, 0) is 4.79 Å². The number of likely N-dealkylation sites (tertiary alicyclic amines) is 1. The van der Waals surface area contributed by atoms with Crippen LogP contribution in [-0.4, -0.2) is 34.1 Å². The topological polar surface area (TPSA) is 40.5 Å². The van der Waals surface area contributed by atoms with Crippen LogP contribution in [0.25, 0.3) is 0 Å². The van der Waals surface area contributed by atoms with Crippen molar-refractivity contribution in [2.75, 3.05) is 6.54 Å². The van der Waals surface area contributed by atoms with E-state index in [1.807, 2.05) is 18.7 Å². The molecule has 0 aromatic carbocycles. The fourth-order valence-corrected chi connectivity index (χ4v) is 2.48. The normalized spacial score (nSPS) is 23.4. The fourth-order valence-electron chi connectivity index (χ4n) is 2.48. The van der Waals surface area contributed by atoms with Gasteiger partial charge in [0.05, 0.1) is 11.6 Å². The first kappa shape index (κ1) is 14.5. The number of carbonyl (C=O) groups is 1. The monoisotopic (exact) mass is 241 g/mol. The molecule has 1 fully saturated rings. The van der Waals surface area contributed by atoms with E-state index in [2.05, 4.69) is 13.8 Å². The van der Waals surface area contributed by atoms with Crippen LogP contribution in [0.5, 0.6) is 0 Å². The lowest BCUT2D eigenvalue weighted by Gasteiger charge is -2.33. The molecule has 3 nitrogen and oxygen atoms in total. The first-order valence-electron chi connectivity index (χ1n) is 6.84. The van der Waals surface area contributed by atoms with E-state index in [1.54, 1.807) is 0 Å². The molecule has 1 rings (SSSR count). The summed E-state index contributed by atoms with van der Waals surface area (Å²) in [7, 11) is 0. The second kappa shape index (κ2) is 5.85. The largest absolute Gasteiger partial charge is 0.391 e. The summed E-state index contributed by atoms with van der Waals surface area (Å²) in [6, 6.07) is 0. The van der Waals surface area contributed by atoms with E-state index in [1.165, 1.54) is 6.42 Å². The van der Waals surface area contributed by atoms with Gasteiger partial charge >= 0.3 is 0 Å². The minimum atomic E-state index is -0.380. The molecule has 0 bridgehead atoms. The summed E-state index contributed by atoms with van der Waals surface area (Å²) in [5.41, 5.74) is -0.380. The van der Waals surface area contributed by atoms with E-state index in [4.69, 9.17) is 0 Å². The Labute approximate surface area is 105 Å². The summed E-state index contributed by atoms with van der Waals surface area (Å²) in [5.74, 6) is 0.922. The van der Waals surface area contributed by atoms with Gasteiger partial charge in [0.1, 0.15) is 0 Å². The van der Waals surface area contributed by atoms with E-state index < -0.39 is 0 Å². The SMILES string of the molecule is CC(C)CCCCC(=O)N1CCC(O)C1(C)C. The van der Waals surface area contributed by atoms with E-state index in [-0.39, 0.29) is 17.6 Å². The van der Waals surface area contributed by atoms with E-state index in [0.29, 0.717) is 19.4 Å². The van der Waals surface area contributed by atoms with Crippen LogP contribution < -0.4 is 0 Å². The minimum Gasteiger partial charge on any atom is -0.391 e. The molecule has 0 aromatic rings. The van der Waals surface area contributed by atoms with Crippen LogP contribution >= 0.6 is 0 Å². The molecule has 0 spiro atoms. The Morgan fingerprint density at radius 3 is 2.53 bits per heavy atom. The van der Waals surface area contributed by atoms with Gasteiger partial charge in [-0.25, -0.2) is 0 Å². The molecule has 1 N–H and O–H groups in total. The van der Waals surface area contributed by atoms with Crippen LogP contribution in [0.1, 0.15) is 59.8 Å². The van der Waals surface area contributed by atoms with Crippen molar-refractivity contribution in [2.45, 2.75) is 71.4 Å². The van der Waals surface area contributed by atoms with Gasteiger partial charge in [0, 0.05) is 13.0 Å². The summed E-state index contributed by atoms with van der Waals surface area (Å²) in [6.07, 6.45) is 4.26. The molecule has 100 valence electrons. The van der Waals surface area contributed by atoms with Gasteiger partial charge in [0.25, 0.3) is 0 Å². The predicted molar refractivity (Wildman–Crippen MR) is 69.7 cm³/mol. The number of hydrogen-bond acceptors (Lipinski definition) is 2. The highest BCUT2D eigenvalue weighted by Gasteiger charge is 2.42. The first-order valence-corrected chi connectivity index (χ1v) is 6.84. The number of aliphatic hydroxyl groups is 1. The number of rotatable bonds is 5. The first-order chi connectivity index (χ1) is 7.85. The number of nitrogens with zero attached hydrogens (tertiary/aromatic N) is 1. The second-order valence-electron chi connectivity index (χ2n) is 6.14. The lowest BCUT2D eigenvalue weighted by atomic mass is 9.98. The lowest BCUT2D eigenvalue weighted by Crippen LogP contribution is -2.48. The van der Waals surface area contributed by atoms with Crippen molar-refractivity contribution in [1.82, 2.24) is 4.90 Å². The van der Waals surface area contributed by atoms with Crippen LogP contribution in [0, 0.1) is 5.92 Å². The Bertz CT molecular complexity index is 261. The molecule has 1 atom stereocenters. The standard InChI is InChI=1S/C14H27NO2/c1-11(2)7-5-6-8-13(17)15-10-9-12(16)14(15,3)4/h11-12,16H,5-10H2,1-4H3. The average Bonchev–Trinajstić information content (AvgIpc) is 2.48. The Morgan fingerprint density at radius 1 is 1.41 bits per heavy atom. The molecule has 1 aliphatic rings. The van der Waals surface area contributed by atoms with Crippen LogP contribution in [0.2, 0.25) is 0 Å². The molecule has 0 saturated carbocycles. The maximum atomic E-state index is 12.1. The van der Waals surface area contributed by atoms with E-state index in [9.17, 15) is 9.90 Å². The Kier molecular flexibility index (Phi) is 4.99. The van der Waals surface area contributed by atoms with Gasteiger partial charge in [-0.15, -0.1) is 0 Å². The lowest BCUT2D eigenvalue weighted by molar-refractivity contribution is -0.136. The number of amides is 1. The van der Waals surface area contributed by atoms with Gasteiger partial charge in [0.2, 0.25) is 5.91 Å². The minimum absolute atomic E-state index is 0.204. The maximum Gasteiger partial charge on any atom is 0.223 e. The van der Waals surface area contributed by atoms with Gasteiger partial charge in [-0.1, -0.05) is 26.7 Å². The molecule has 0 aliphatic carbocycles. The second-order valence-corrected chi connectivity index (χ2v) is 6.14. The molecule has 1 aliphatic heterocycles. The van der Waals surface area contributed by atoms with Crippen molar-refractivity contribution in [3.63, 3.8) is 0 Å². The summed E-state index contributed by atoms with van der Waals surface area (Å²) in [4.78, 5) is 13.9. The Hall–Kier alpha value is -0.570. The molecule has 1 saturated heterocycles. The predicted octanol–water partition coefficient (Wildman–Crippen LogP) is 2.57. The maximum absolute atomic E-state index is 12.1. The van der Waals surface area contributed by atoms with Gasteiger partial charge < -0.3 is 10.0 Å². The quantitative estimate of drug-likeness (QED) is 0.752. The summed E-state index contributed by atoms with van der Waals surface area (Å²) >= 11 is 0. The summed E-state index contributed by atoms with van der Waals surface area (Å²) < 4.78 is 0. The highest BCUT2D eigenvalue weighted by atomic mass is 16.3.